The molecule has 0 aliphatic heterocycles. The van der Waals surface area contributed by atoms with Gasteiger partial charge in [-0.15, -0.1) is 0 Å². The molecule has 1 heterocycles. The maximum Gasteiger partial charge on any atom is 0.376 e. The summed E-state index contributed by atoms with van der Waals surface area (Å²) < 4.78 is 28.9. The Morgan fingerprint density at radius 1 is 1.29 bits per heavy atom. The molecular formula is C17H22ClO5P. The third-order valence-electron chi connectivity index (χ3n) is 3.91. The van der Waals surface area contributed by atoms with Crippen LogP contribution in [0.5, 0.6) is 5.75 Å². The van der Waals surface area contributed by atoms with E-state index in [4.69, 9.17) is 25.1 Å². The summed E-state index contributed by atoms with van der Waals surface area (Å²) in [4.78, 5) is 11.7. The number of rotatable bonds is 4. The van der Waals surface area contributed by atoms with Gasteiger partial charge in [-0.3, -0.25) is 4.52 Å². The van der Waals surface area contributed by atoms with Gasteiger partial charge in [0, 0.05) is 18.1 Å². The average Bonchev–Trinajstić information content (AvgIpc) is 2.42. The number of aryl methyl sites for hydroxylation is 1. The van der Waals surface area contributed by atoms with Gasteiger partial charge in [-0.25, -0.2) is 9.36 Å². The smallest absolute Gasteiger partial charge is 0.376 e. The molecule has 0 unspecified atom stereocenters. The fraction of sp³-hybridized carbons (Fsp3) is 0.471. The summed E-state index contributed by atoms with van der Waals surface area (Å²) in [6.45, 7) is 11.0. The molecule has 2 rings (SSSR count). The van der Waals surface area contributed by atoms with E-state index >= 15 is 0 Å². The van der Waals surface area contributed by atoms with Crippen LogP contribution < -0.4 is 10.1 Å². The first-order chi connectivity index (χ1) is 10.9. The van der Waals surface area contributed by atoms with E-state index in [0.29, 0.717) is 22.3 Å². The van der Waals surface area contributed by atoms with Crippen molar-refractivity contribution in [3.63, 3.8) is 0 Å². The molecular weight excluding hydrogens is 351 g/mol. The van der Waals surface area contributed by atoms with Crippen molar-refractivity contribution in [3.05, 3.63) is 39.2 Å². The van der Waals surface area contributed by atoms with E-state index in [9.17, 15) is 9.36 Å². The number of fused-ring (bicyclic) bond motifs is 1. The molecule has 0 N–H and O–H groups in total. The molecule has 2 atom stereocenters. The van der Waals surface area contributed by atoms with E-state index in [2.05, 4.69) is 0 Å². The summed E-state index contributed by atoms with van der Waals surface area (Å²) in [7, 11) is -3.32. The SMILES string of the molecule is Cc1c(Cl)c(=O)oc2cc(O[P@@](C)(=O)O[C@@H](C)C(C)(C)C)ccc12. The van der Waals surface area contributed by atoms with Crippen LogP contribution in [0.4, 0.5) is 0 Å². The second kappa shape index (κ2) is 6.55. The Labute approximate surface area is 146 Å². The molecule has 1 aromatic heterocycles. The molecule has 0 amide bonds. The van der Waals surface area contributed by atoms with Crippen LogP contribution >= 0.6 is 19.2 Å². The molecule has 0 aliphatic rings. The molecule has 0 spiro atoms. The normalized spacial score (nSPS) is 16.0. The van der Waals surface area contributed by atoms with Crippen molar-refractivity contribution in [2.45, 2.75) is 40.7 Å². The lowest BCUT2D eigenvalue weighted by Crippen LogP contribution is -2.25. The Bertz CT molecular complexity index is 866. The van der Waals surface area contributed by atoms with Crippen molar-refractivity contribution >= 4 is 30.2 Å². The Morgan fingerprint density at radius 2 is 1.92 bits per heavy atom. The predicted octanol–water partition coefficient (Wildman–Crippen LogP) is 5.41. The second-order valence-corrected chi connectivity index (χ2v) is 9.28. The first kappa shape index (κ1) is 19.0. The minimum Gasteiger partial charge on any atom is -0.424 e. The number of hydrogen-bond donors (Lipinski definition) is 0. The van der Waals surface area contributed by atoms with Gasteiger partial charge < -0.3 is 8.94 Å². The van der Waals surface area contributed by atoms with Gasteiger partial charge in [0.1, 0.15) is 16.4 Å². The highest BCUT2D eigenvalue weighted by Crippen LogP contribution is 2.48. The number of hydrogen-bond acceptors (Lipinski definition) is 5. The van der Waals surface area contributed by atoms with E-state index in [1.165, 1.54) is 12.7 Å². The quantitative estimate of drug-likeness (QED) is 0.530. The topological polar surface area (TPSA) is 65.7 Å². The molecule has 0 saturated heterocycles. The Kier molecular flexibility index (Phi) is 5.19. The Morgan fingerprint density at radius 3 is 2.50 bits per heavy atom. The van der Waals surface area contributed by atoms with Gasteiger partial charge in [0.15, 0.2) is 0 Å². The lowest BCUT2D eigenvalue weighted by atomic mass is 9.91. The highest BCUT2D eigenvalue weighted by molar-refractivity contribution is 7.53. The molecule has 0 radical (unpaired) electrons. The van der Waals surface area contributed by atoms with Crippen LogP contribution in [0.1, 0.15) is 33.3 Å². The molecule has 2 aromatic rings. The summed E-state index contributed by atoms with van der Waals surface area (Å²) in [5.74, 6) is 0.305. The lowest BCUT2D eigenvalue weighted by Gasteiger charge is -2.29. The van der Waals surface area contributed by atoms with Crippen molar-refractivity contribution in [2.24, 2.45) is 5.41 Å². The van der Waals surface area contributed by atoms with Gasteiger partial charge in [-0.2, -0.15) is 0 Å². The first-order valence-electron chi connectivity index (χ1n) is 7.59. The molecule has 0 saturated carbocycles. The lowest BCUT2D eigenvalue weighted by molar-refractivity contribution is 0.0935. The van der Waals surface area contributed by atoms with Gasteiger partial charge in [-0.1, -0.05) is 32.4 Å². The van der Waals surface area contributed by atoms with Crippen LogP contribution in [0.15, 0.2) is 27.4 Å². The van der Waals surface area contributed by atoms with E-state index in [1.807, 2.05) is 27.7 Å². The zero-order valence-electron chi connectivity index (χ0n) is 14.7. The number of halogens is 1. The van der Waals surface area contributed by atoms with E-state index in [0.717, 1.165) is 0 Å². The molecule has 0 aliphatic carbocycles. The third kappa shape index (κ3) is 4.21. The summed E-state index contributed by atoms with van der Waals surface area (Å²) in [5.41, 5.74) is 0.171. The van der Waals surface area contributed by atoms with Crippen LogP contribution in [-0.2, 0) is 9.09 Å². The van der Waals surface area contributed by atoms with Crippen LogP contribution in [0.25, 0.3) is 11.0 Å². The van der Waals surface area contributed by atoms with Crippen molar-refractivity contribution < 1.29 is 18.0 Å². The predicted molar refractivity (Wildman–Crippen MR) is 96.4 cm³/mol. The van der Waals surface area contributed by atoms with E-state index in [1.54, 1.807) is 19.1 Å². The van der Waals surface area contributed by atoms with Crippen LogP contribution in [0.3, 0.4) is 0 Å². The Hall–Kier alpha value is -1.29. The van der Waals surface area contributed by atoms with Gasteiger partial charge in [0.25, 0.3) is 0 Å². The molecule has 0 fully saturated rings. The van der Waals surface area contributed by atoms with Gasteiger partial charge in [0.05, 0.1) is 6.10 Å². The summed E-state index contributed by atoms with van der Waals surface area (Å²) in [6, 6.07) is 4.87. The summed E-state index contributed by atoms with van der Waals surface area (Å²) in [6.07, 6.45) is -0.257. The standard InChI is InChI=1S/C17H22ClO5P/c1-10-13-8-7-12(9-14(13)21-16(19)15(10)18)23-24(6,20)22-11(2)17(3,4)5/h7-9,11H,1-6H3/t11-,24-/m0/s1. The van der Waals surface area contributed by atoms with Crippen LogP contribution in [0, 0.1) is 12.3 Å². The highest BCUT2D eigenvalue weighted by atomic mass is 35.5. The van der Waals surface area contributed by atoms with Crippen LogP contribution in [0.2, 0.25) is 5.02 Å². The van der Waals surface area contributed by atoms with Crippen molar-refractivity contribution in [1.29, 1.82) is 0 Å². The first-order valence-corrected chi connectivity index (χ1v) is 9.96. The molecule has 1 aromatic carbocycles. The van der Waals surface area contributed by atoms with Crippen molar-refractivity contribution in [2.75, 3.05) is 6.66 Å². The zero-order valence-corrected chi connectivity index (χ0v) is 16.3. The summed E-state index contributed by atoms with van der Waals surface area (Å²) >= 11 is 5.90. The molecule has 24 heavy (non-hydrogen) atoms. The third-order valence-corrected chi connectivity index (χ3v) is 5.59. The minimum atomic E-state index is -3.32. The van der Waals surface area contributed by atoms with E-state index < -0.39 is 13.2 Å². The highest BCUT2D eigenvalue weighted by Gasteiger charge is 2.29. The van der Waals surface area contributed by atoms with E-state index in [-0.39, 0.29) is 16.5 Å². The largest absolute Gasteiger partial charge is 0.424 e. The fourth-order valence-electron chi connectivity index (χ4n) is 2.03. The van der Waals surface area contributed by atoms with Crippen molar-refractivity contribution in [1.82, 2.24) is 0 Å². The second-order valence-electron chi connectivity index (χ2n) is 6.96. The molecule has 132 valence electrons. The minimum absolute atomic E-state index is 0.0552. The van der Waals surface area contributed by atoms with Gasteiger partial charge >= 0.3 is 13.2 Å². The fourth-order valence-corrected chi connectivity index (χ4v) is 3.60. The molecule has 7 heteroatoms. The zero-order chi connectivity index (χ0) is 18.3. The maximum absolute atomic E-state index is 12.6. The Balaban J connectivity index is 2.32. The number of benzene rings is 1. The maximum atomic E-state index is 12.6. The van der Waals surface area contributed by atoms with Crippen LogP contribution in [-0.4, -0.2) is 12.8 Å². The van der Waals surface area contributed by atoms with Gasteiger partial charge in [0.2, 0.25) is 0 Å². The van der Waals surface area contributed by atoms with Crippen molar-refractivity contribution in [3.8, 4) is 5.75 Å². The summed E-state index contributed by atoms with van der Waals surface area (Å²) in [5, 5.41) is 0.751. The monoisotopic (exact) mass is 372 g/mol. The molecule has 5 nitrogen and oxygen atoms in total. The molecule has 0 bridgehead atoms. The average molecular weight is 373 g/mol. The van der Waals surface area contributed by atoms with Gasteiger partial charge in [-0.05, 0) is 37.0 Å².